The standard InChI is InChI=1S/C22H19.C21H17.C2H7Ge.2ClH.Zr/c1-15(2)18-13-17-9-6-12-21(22(17)14-18)20-11-5-8-16-7-3-4-10-19(16)20;1-14-12-20-15(2)10-11-19(21(20)13-14)18-9-5-7-16-6-3-4-8-17(16)18;1-3-2;;;/h3-15H,1-2H3;3-13H,1-2H3;3H,1-2H3;2*1H;/q;;;;;+2/p-2. The first-order valence-electron chi connectivity index (χ1n) is 17.7. The number of rotatable bonds is 6. The van der Waals surface area contributed by atoms with Gasteiger partial charge in [-0.3, -0.25) is 0 Å². The van der Waals surface area contributed by atoms with Gasteiger partial charge in [0.05, 0.1) is 0 Å². The molecule has 4 heteroatoms. The number of halogens is 2. The van der Waals surface area contributed by atoms with Crippen LogP contribution in [0.3, 0.4) is 0 Å². The molecule has 0 aliphatic heterocycles. The van der Waals surface area contributed by atoms with Crippen molar-refractivity contribution in [2.24, 2.45) is 5.92 Å². The first-order chi connectivity index (χ1) is 23.5. The molecule has 2 aliphatic carbocycles. The quantitative estimate of drug-likeness (QED) is 0.147. The number of hydrogen-bond acceptors (Lipinski definition) is 0. The molecular formula is C45H43Cl2GeZr. The Labute approximate surface area is 301 Å². The summed E-state index contributed by atoms with van der Waals surface area (Å²) in [5.41, 5.74) is 14.6. The molecule has 8 rings (SSSR count). The zero-order chi connectivity index (χ0) is 34.3. The fourth-order valence-electron chi connectivity index (χ4n) is 9.30. The van der Waals surface area contributed by atoms with Crippen molar-refractivity contribution in [2.45, 2.75) is 46.5 Å². The summed E-state index contributed by atoms with van der Waals surface area (Å²) in [5.74, 6) is 5.33. The maximum atomic E-state index is 8.77. The van der Waals surface area contributed by atoms with E-state index < -0.39 is 24.4 Å². The molecule has 49 heavy (non-hydrogen) atoms. The van der Waals surface area contributed by atoms with Gasteiger partial charge in [-0.25, -0.2) is 0 Å². The van der Waals surface area contributed by atoms with Crippen molar-refractivity contribution in [1.82, 2.24) is 0 Å². The molecule has 0 saturated carbocycles. The molecule has 0 radical (unpaired) electrons. The average molecular weight is 819 g/mol. The van der Waals surface area contributed by atoms with E-state index >= 15 is 0 Å². The Morgan fingerprint density at radius 3 is 1.69 bits per heavy atom. The monoisotopic (exact) mass is 817 g/mol. The van der Waals surface area contributed by atoms with E-state index in [4.69, 9.17) is 17.0 Å². The van der Waals surface area contributed by atoms with Gasteiger partial charge in [0.25, 0.3) is 0 Å². The Bertz CT molecular complexity index is 2370. The van der Waals surface area contributed by atoms with E-state index in [1.165, 1.54) is 82.8 Å². The van der Waals surface area contributed by atoms with Crippen LogP contribution in [0.4, 0.5) is 0 Å². The van der Waals surface area contributed by atoms with Gasteiger partial charge in [0, 0.05) is 0 Å². The third-order valence-corrected chi connectivity index (χ3v) is 93.7. The SMILES string of the molecule is CC1=Cc2c(-c3cccc4ccccc34)ccc(C)c2[CH]1[Zr]([Cl])([Cl])([CH]1C(C(C)C)=Cc2c(-c3cccc4ccccc34)cccc21)[GeH]([CH3])[CH3]. The van der Waals surface area contributed by atoms with Crippen molar-refractivity contribution in [2.75, 3.05) is 0 Å². The summed E-state index contributed by atoms with van der Waals surface area (Å²) in [6.07, 6.45) is 4.95. The molecule has 0 bridgehead atoms. The summed E-state index contributed by atoms with van der Waals surface area (Å²) in [6, 6.07) is 42.4. The average Bonchev–Trinajstić information content (AvgIpc) is 3.68. The molecule has 6 aromatic carbocycles. The zero-order valence-corrected chi connectivity index (χ0v) is 35.6. The van der Waals surface area contributed by atoms with Crippen LogP contribution in [-0.2, 0) is 13.9 Å². The van der Waals surface area contributed by atoms with E-state index in [0.29, 0.717) is 5.92 Å². The fraction of sp³-hybridized carbons (Fsp3) is 0.200. The van der Waals surface area contributed by atoms with E-state index in [9.17, 15) is 0 Å². The minimum absolute atomic E-state index is 0.0778. The molecule has 0 fully saturated rings. The minimum atomic E-state index is -4.86. The summed E-state index contributed by atoms with van der Waals surface area (Å²) in [4.78, 5) is 0. The second-order valence-electron chi connectivity index (χ2n) is 15.1. The first-order valence-corrected chi connectivity index (χ1v) is 40.3. The van der Waals surface area contributed by atoms with Crippen LogP contribution in [0.25, 0.3) is 56.0 Å². The van der Waals surface area contributed by atoms with Crippen LogP contribution < -0.4 is 0 Å². The summed E-state index contributed by atoms with van der Waals surface area (Å²) in [5, 5.41) is 5.09. The maximum absolute atomic E-state index is 8.77. The van der Waals surface area contributed by atoms with E-state index in [1.807, 2.05) is 0 Å². The van der Waals surface area contributed by atoms with Gasteiger partial charge in [-0.05, 0) is 0 Å². The summed E-state index contributed by atoms with van der Waals surface area (Å²) >= 11 is -4.86. The number of benzene rings is 6. The molecule has 0 heterocycles. The van der Waals surface area contributed by atoms with Crippen LogP contribution >= 0.6 is 17.0 Å². The van der Waals surface area contributed by atoms with Crippen molar-refractivity contribution < 1.29 is 13.9 Å². The van der Waals surface area contributed by atoms with Crippen molar-refractivity contribution in [1.29, 1.82) is 0 Å². The van der Waals surface area contributed by atoms with Crippen molar-refractivity contribution >= 4 is 61.3 Å². The molecule has 2 aliphatic rings. The van der Waals surface area contributed by atoms with Crippen molar-refractivity contribution in [3.05, 3.63) is 154 Å². The number of aryl methyl sites for hydroxylation is 1. The van der Waals surface area contributed by atoms with Gasteiger partial charge in [0.2, 0.25) is 0 Å². The van der Waals surface area contributed by atoms with Crippen molar-refractivity contribution in [3.63, 3.8) is 0 Å². The van der Waals surface area contributed by atoms with Crippen LogP contribution in [0.2, 0.25) is 11.5 Å². The Hall–Kier alpha value is -2.67. The van der Waals surface area contributed by atoms with Crippen LogP contribution in [0.1, 0.15) is 55.8 Å². The predicted molar refractivity (Wildman–Crippen MR) is 216 cm³/mol. The third kappa shape index (κ3) is 5.01. The number of hydrogen-bond donors (Lipinski definition) is 0. The molecule has 0 saturated heterocycles. The number of fused-ring (bicyclic) bond motifs is 4. The molecule has 0 amide bonds. The Morgan fingerprint density at radius 2 is 1.10 bits per heavy atom. The molecule has 0 nitrogen and oxygen atoms in total. The van der Waals surface area contributed by atoms with Gasteiger partial charge in [-0.15, -0.1) is 0 Å². The second-order valence-corrected chi connectivity index (χ2v) is 79.2. The van der Waals surface area contributed by atoms with E-state index in [2.05, 4.69) is 167 Å². The van der Waals surface area contributed by atoms with E-state index in [-0.39, 0.29) is 7.25 Å². The molecule has 2 unspecified atom stereocenters. The van der Waals surface area contributed by atoms with E-state index in [1.54, 1.807) is 0 Å². The summed E-state index contributed by atoms with van der Waals surface area (Å²) in [6.45, 7) is 9.28. The Morgan fingerprint density at radius 1 is 0.571 bits per heavy atom. The van der Waals surface area contributed by atoms with Crippen molar-refractivity contribution in [3.8, 4) is 22.3 Å². The van der Waals surface area contributed by atoms with Crippen LogP contribution in [0.15, 0.2) is 126 Å². The Kier molecular flexibility index (Phi) is 8.35. The molecule has 6 aromatic rings. The van der Waals surface area contributed by atoms with Gasteiger partial charge in [-0.1, -0.05) is 0 Å². The second kappa shape index (κ2) is 12.2. The normalized spacial score (nSPS) is 18.0. The fourth-order valence-corrected chi connectivity index (χ4v) is 55.4. The van der Waals surface area contributed by atoms with Gasteiger partial charge in [-0.2, -0.15) is 0 Å². The number of allylic oxidation sites excluding steroid dienone is 2. The van der Waals surface area contributed by atoms with Gasteiger partial charge in [0.1, 0.15) is 0 Å². The summed E-state index contributed by atoms with van der Waals surface area (Å²) < 4.78 is 0.156. The first kappa shape index (κ1) is 33.5. The van der Waals surface area contributed by atoms with Crippen LogP contribution in [-0.4, -0.2) is 10.6 Å². The molecule has 2 atom stereocenters. The topological polar surface area (TPSA) is 0 Å². The van der Waals surface area contributed by atoms with E-state index in [0.717, 1.165) is 0 Å². The van der Waals surface area contributed by atoms with Gasteiger partial charge in [0.15, 0.2) is 0 Å². The van der Waals surface area contributed by atoms with Gasteiger partial charge >= 0.3 is 304 Å². The zero-order valence-electron chi connectivity index (χ0n) is 29.2. The molecule has 0 aromatic heterocycles. The van der Waals surface area contributed by atoms with Crippen LogP contribution in [0.5, 0.6) is 0 Å². The molecule has 0 spiro atoms. The summed E-state index contributed by atoms with van der Waals surface area (Å²) in [7, 11) is 15.2. The molecule has 245 valence electrons. The van der Waals surface area contributed by atoms with Gasteiger partial charge < -0.3 is 0 Å². The predicted octanol–water partition coefficient (Wildman–Crippen LogP) is 13.9. The Balaban J connectivity index is 1.37. The molecule has 0 N–H and O–H groups in total. The molecular weight excluding hydrogens is 775 g/mol. The van der Waals surface area contributed by atoms with Crippen LogP contribution in [0, 0.1) is 12.8 Å². The third-order valence-electron chi connectivity index (χ3n) is 11.7.